The second kappa shape index (κ2) is 8.27. The SMILES string of the molecule is Cc1cc(Br)cc2c1O[C@@H](C)c1c(N3CCOCC3)ncnc1N2C(=O)OC(C)(C)C. The minimum atomic E-state index is -0.669. The first-order chi connectivity index (χ1) is 14.7. The van der Waals surface area contributed by atoms with Crippen LogP contribution in [-0.4, -0.2) is 48.0 Å². The number of anilines is 3. The lowest BCUT2D eigenvalue weighted by Crippen LogP contribution is -2.38. The van der Waals surface area contributed by atoms with Crippen LogP contribution in [0.5, 0.6) is 5.75 Å². The van der Waals surface area contributed by atoms with Crippen molar-refractivity contribution < 1.29 is 19.0 Å². The molecule has 3 heterocycles. The van der Waals surface area contributed by atoms with Crippen molar-refractivity contribution in [2.24, 2.45) is 0 Å². The molecular formula is C22H27BrN4O4. The fourth-order valence-corrected chi connectivity index (χ4v) is 4.38. The molecule has 4 rings (SSSR count). The van der Waals surface area contributed by atoms with Crippen molar-refractivity contribution in [3.05, 3.63) is 34.1 Å². The number of nitrogens with zero attached hydrogens (tertiary/aromatic N) is 4. The van der Waals surface area contributed by atoms with Gasteiger partial charge >= 0.3 is 6.09 Å². The number of morpholine rings is 1. The van der Waals surface area contributed by atoms with Crippen LogP contribution in [0.3, 0.4) is 0 Å². The third kappa shape index (κ3) is 4.34. The van der Waals surface area contributed by atoms with Crippen LogP contribution in [0.2, 0.25) is 0 Å². The van der Waals surface area contributed by atoms with E-state index >= 15 is 0 Å². The standard InChI is InChI=1S/C22H27BrN4O4/c1-13-10-15(23)11-16-18(13)30-14(2)17-19(26-6-8-29-9-7-26)24-12-25-20(17)27(16)21(28)31-22(3,4)5/h10-12,14H,6-9H2,1-5H3/t14-/m0/s1. The average Bonchev–Trinajstić information content (AvgIpc) is 2.82. The number of carbonyl (C=O) groups excluding carboxylic acids is 1. The summed E-state index contributed by atoms with van der Waals surface area (Å²) in [6, 6.07) is 3.81. The Kier molecular flexibility index (Phi) is 5.83. The van der Waals surface area contributed by atoms with E-state index in [0.29, 0.717) is 43.6 Å². The second-order valence-corrected chi connectivity index (χ2v) is 9.60. The summed E-state index contributed by atoms with van der Waals surface area (Å²) in [5.74, 6) is 1.83. The van der Waals surface area contributed by atoms with E-state index in [0.717, 1.165) is 21.4 Å². The van der Waals surface area contributed by atoms with Crippen LogP contribution < -0.4 is 14.5 Å². The number of fused-ring (bicyclic) bond motifs is 2. The highest BCUT2D eigenvalue weighted by Gasteiger charge is 2.37. The molecule has 1 saturated heterocycles. The van der Waals surface area contributed by atoms with E-state index < -0.39 is 11.7 Å². The van der Waals surface area contributed by atoms with E-state index in [-0.39, 0.29) is 6.10 Å². The van der Waals surface area contributed by atoms with E-state index in [1.165, 1.54) is 11.2 Å². The highest BCUT2D eigenvalue weighted by molar-refractivity contribution is 9.10. The highest BCUT2D eigenvalue weighted by atomic mass is 79.9. The molecule has 1 aromatic heterocycles. The molecule has 0 spiro atoms. The van der Waals surface area contributed by atoms with Crippen LogP contribution in [-0.2, 0) is 9.47 Å². The summed E-state index contributed by atoms with van der Waals surface area (Å²) in [5, 5.41) is 0. The second-order valence-electron chi connectivity index (χ2n) is 8.68. The third-order valence-corrected chi connectivity index (χ3v) is 5.56. The van der Waals surface area contributed by atoms with Gasteiger partial charge in [-0.25, -0.2) is 19.7 Å². The largest absolute Gasteiger partial charge is 0.483 e. The van der Waals surface area contributed by atoms with Crippen LogP contribution in [0.25, 0.3) is 0 Å². The average molecular weight is 491 g/mol. The fraction of sp³-hybridized carbons (Fsp3) is 0.500. The summed E-state index contributed by atoms with van der Waals surface area (Å²) in [6.07, 6.45) is 0.598. The van der Waals surface area contributed by atoms with Crippen molar-refractivity contribution in [3.63, 3.8) is 0 Å². The first-order valence-corrected chi connectivity index (χ1v) is 11.1. The van der Waals surface area contributed by atoms with Crippen molar-refractivity contribution in [1.29, 1.82) is 0 Å². The lowest BCUT2D eigenvalue weighted by molar-refractivity contribution is 0.0598. The topological polar surface area (TPSA) is 77.0 Å². The molecular weight excluding hydrogens is 464 g/mol. The Morgan fingerprint density at radius 3 is 2.55 bits per heavy atom. The zero-order valence-electron chi connectivity index (χ0n) is 18.4. The van der Waals surface area contributed by atoms with Crippen molar-refractivity contribution in [1.82, 2.24) is 9.97 Å². The fourth-order valence-electron chi connectivity index (χ4n) is 3.82. The number of halogens is 1. The molecule has 8 nitrogen and oxygen atoms in total. The quantitative estimate of drug-likeness (QED) is 0.561. The van der Waals surface area contributed by atoms with E-state index in [9.17, 15) is 4.79 Å². The molecule has 2 aliphatic heterocycles. The zero-order chi connectivity index (χ0) is 22.3. The monoisotopic (exact) mass is 490 g/mol. The van der Waals surface area contributed by atoms with Gasteiger partial charge in [-0.05, 0) is 52.3 Å². The molecule has 1 aromatic carbocycles. The third-order valence-electron chi connectivity index (χ3n) is 5.10. The van der Waals surface area contributed by atoms with Crippen LogP contribution in [0.4, 0.5) is 22.1 Å². The molecule has 31 heavy (non-hydrogen) atoms. The lowest BCUT2D eigenvalue weighted by Gasteiger charge is -2.31. The first kappa shape index (κ1) is 21.8. The number of carbonyl (C=O) groups is 1. The van der Waals surface area contributed by atoms with Gasteiger partial charge in [0.1, 0.15) is 29.6 Å². The highest BCUT2D eigenvalue weighted by Crippen LogP contribution is 2.47. The van der Waals surface area contributed by atoms with Gasteiger partial charge < -0.3 is 19.1 Å². The maximum atomic E-state index is 13.4. The summed E-state index contributed by atoms with van der Waals surface area (Å²) in [4.78, 5) is 26.2. The van der Waals surface area contributed by atoms with Gasteiger partial charge in [0.25, 0.3) is 0 Å². The number of benzene rings is 1. The van der Waals surface area contributed by atoms with Crippen LogP contribution in [0.1, 0.15) is 44.9 Å². The van der Waals surface area contributed by atoms with Crippen LogP contribution >= 0.6 is 15.9 Å². The minimum Gasteiger partial charge on any atom is -0.483 e. The maximum absolute atomic E-state index is 13.4. The number of aryl methyl sites for hydroxylation is 1. The number of rotatable bonds is 1. The Bertz CT molecular complexity index is 1000. The molecule has 0 N–H and O–H groups in total. The molecule has 166 valence electrons. The van der Waals surface area contributed by atoms with Crippen molar-refractivity contribution in [2.75, 3.05) is 36.1 Å². The molecule has 0 unspecified atom stereocenters. The summed E-state index contributed by atoms with van der Waals surface area (Å²) in [5.41, 5.74) is 1.57. The molecule has 2 aromatic rings. The predicted molar refractivity (Wildman–Crippen MR) is 121 cm³/mol. The summed E-state index contributed by atoms with van der Waals surface area (Å²) >= 11 is 3.55. The number of hydrogen-bond donors (Lipinski definition) is 0. The van der Waals surface area contributed by atoms with Crippen LogP contribution in [0, 0.1) is 6.92 Å². The zero-order valence-corrected chi connectivity index (χ0v) is 20.0. The minimum absolute atomic E-state index is 0.375. The van der Waals surface area contributed by atoms with Gasteiger partial charge in [0, 0.05) is 17.6 Å². The number of ether oxygens (including phenoxy) is 3. The Morgan fingerprint density at radius 2 is 1.87 bits per heavy atom. The molecule has 0 bridgehead atoms. The van der Waals surface area contributed by atoms with Gasteiger partial charge in [-0.1, -0.05) is 15.9 Å². The van der Waals surface area contributed by atoms with E-state index in [1.54, 1.807) is 0 Å². The van der Waals surface area contributed by atoms with Gasteiger partial charge in [-0.15, -0.1) is 0 Å². The molecule has 1 fully saturated rings. The number of amides is 1. The first-order valence-electron chi connectivity index (χ1n) is 10.3. The smallest absolute Gasteiger partial charge is 0.420 e. The Balaban J connectivity index is 1.93. The van der Waals surface area contributed by atoms with E-state index in [4.69, 9.17) is 14.2 Å². The molecule has 1 amide bonds. The number of aromatic nitrogens is 2. The predicted octanol–water partition coefficient (Wildman–Crippen LogP) is 4.91. The summed E-state index contributed by atoms with van der Waals surface area (Å²) in [7, 11) is 0. The Hall–Kier alpha value is -2.39. The molecule has 1 atom stereocenters. The van der Waals surface area contributed by atoms with Gasteiger partial charge in [0.15, 0.2) is 5.82 Å². The summed E-state index contributed by atoms with van der Waals surface area (Å²) in [6.45, 7) is 12.1. The van der Waals surface area contributed by atoms with Gasteiger partial charge in [-0.3, -0.25) is 0 Å². The van der Waals surface area contributed by atoms with Crippen LogP contribution in [0.15, 0.2) is 22.9 Å². The number of hydrogen-bond acceptors (Lipinski definition) is 7. The molecule has 0 saturated carbocycles. The van der Waals surface area contributed by atoms with Crippen molar-refractivity contribution in [2.45, 2.75) is 46.3 Å². The van der Waals surface area contributed by atoms with Gasteiger partial charge in [-0.2, -0.15) is 0 Å². The normalized spacial score (nSPS) is 18.6. The van der Waals surface area contributed by atoms with E-state index in [2.05, 4.69) is 30.8 Å². The summed E-state index contributed by atoms with van der Waals surface area (Å²) < 4.78 is 18.5. The molecule has 0 aliphatic carbocycles. The van der Waals surface area contributed by atoms with Crippen molar-refractivity contribution in [3.8, 4) is 5.75 Å². The molecule has 9 heteroatoms. The Labute approximate surface area is 190 Å². The van der Waals surface area contributed by atoms with Crippen molar-refractivity contribution >= 4 is 39.3 Å². The lowest BCUT2D eigenvalue weighted by atomic mass is 10.1. The van der Waals surface area contributed by atoms with Gasteiger partial charge in [0.05, 0.1) is 24.5 Å². The van der Waals surface area contributed by atoms with Gasteiger partial charge in [0.2, 0.25) is 0 Å². The Morgan fingerprint density at radius 1 is 1.19 bits per heavy atom. The molecule has 0 radical (unpaired) electrons. The molecule has 2 aliphatic rings. The van der Waals surface area contributed by atoms with E-state index in [1.807, 2.05) is 46.8 Å². The maximum Gasteiger partial charge on any atom is 0.420 e.